The minimum atomic E-state index is 0.323. The summed E-state index contributed by atoms with van der Waals surface area (Å²) in [5, 5.41) is 15.0. The predicted molar refractivity (Wildman–Crippen MR) is 137 cm³/mol. The van der Waals surface area contributed by atoms with Crippen molar-refractivity contribution < 1.29 is 5.11 Å². The Morgan fingerprint density at radius 2 is 1.55 bits per heavy atom. The zero-order chi connectivity index (χ0) is 22.2. The summed E-state index contributed by atoms with van der Waals surface area (Å²) in [5.74, 6) is 1.61. The van der Waals surface area contributed by atoms with Crippen LogP contribution in [0, 0.1) is 11.8 Å². The van der Waals surface area contributed by atoms with Crippen molar-refractivity contribution in [2.75, 3.05) is 26.2 Å². The molecule has 0 aliphatic carbocycles. The number of piperidine rings is 3. The zero-order valence-corrected chi connectivity index (χ0v) is 19.8. The molecule has 0 unspecified atom stereocenters. The number of benzene rings is 3. The molecule has 0 spiro atoms. The van der Waals surface area contributed by atoms with Gasteiger partial charge in [-0.1, -0.05) is 48.5 Å². The molecule has 1 N–H and O–H groups in total. The second kappa shape index (κ2) is 9.37. The van der Waals surface area contributed by atoms with E-state index < -0.39 is 0 Å². The number of hydrogen-bond acceptors (Lipinski definition) is 3. The Morgan fingerprint density at radius 3 is 2.27 bits per heavy atom. The Hall–Kier alpha value is -1.94. The maximum atomic E-state index is 9.48. The summed E-state index contributed by atoms with van der Waals surface area (Å²) in [6.07, 6.45) is 8.81. The molecule has 3 aromatic carbocycles. The molecule has 0 aromatic heterocycles. The van der Waals surface area contributed by atoms with E-state index in [1.807, 2.05) is 0 Å². The fourth-order valence-corrected chi connectivity index (χ4v) is 7.61. The molecule has 174 valence electrons. The van der Waals surface area contributed by atoms with Gasteiger partial charge in [0.05, 0.1) is 0 Å². The summed E-state index contributed by atoms with van der Waals surface area (Å²) >= 11 is 0. The molecule has 3 saturated heterocycles. The molecule has 0 bridgehead atoms. The first-order valence-corrected chi connectivity index (χ1v) is 13.3. The van der Waals surface area contributed by atoms with Crippen molar-refractivity contribution in [3.05, 3.63) is 60.2 Å². The number of hydrogen-bond donors (Lipinski definition) is 1. The highest BCUT2D eigenvalue weighted by molar-refractivity contribution is 6.02. The van der Waals surface area contributed by atoms with E-state index >= 15 is 0 Å². The minimum Gasteiger partial charge on any atom is -0.396 e. The fourth-order valence-electron chi connectivity index (χ4n) is 7.61. The van der Waals surface area contributed by atoms with E-state index in [9.17, 15) is 5.11 Å². The molecule has 4 atom stereocenters. The van der Waals surface area contributed by atoms with Gasteiger partial charge >= 0.3 is 0 Å². The Labute approximate surface area is 198 Å². The summed E-state index contributed by atoms with van der Waals surface area (Å²) in [6, 6.07) is 21.7. The first kappa shape index (κ1) is 21.6. The zero-order valence-electron chi connectivity index (χ0n) is 19.8. The quantitative estimate of drug-likeness (QED) is 0.384. The van der Waals surface area contributed by atoms with Crippen LogP contribution in [0.2, 0.25) is 0 Å². The van der Waals surface area contributed by atoms with Gasteiger partial charge in [0.25, 0.3) is 0 Å². The van der Waals surface area contributed by atoms with Crippen LogP contribution < -0.4 is 0 Å². The maximum Gasteiger partial charge on any atom is 0.0431 e. The summed E-state index contributed by atoms with van der Waals surface area (Å²) in [5.41, 5.74) is 1.51. The van der Waals surface area contributed by atoms with Gasteiger partial charge in [0.15, 0.2) is 0 Å². The van der Waals surface area contributed by atoms with E-state index in [0.29, 0.717) is 12.6 Å². The number of likely N-dealkylation sites (tertiary alicyclic amines) is 1. The van der Waals surface area contributed by atoms with Crippen LogP contribution in [0.25, 0.3) is 21.5 Å². The molecule has 3 nitrogen and oxygen atoms in total. The van der Waals surface area contributed by atoms with Gasteiger partial charge in [0.1, 0.15) is 0 Å². The SMILES string of the molecule is OCCCC[C@@H]1[C@H]2CCCN3CCC[C@H](CN1Cc1c4ccccc4cc4ccccc14)[C@@H]23. The molecular weight excluding hydrogens is 404 g/mol. The van der Waals surface area contributed by atoms with Crippen molar-refractivity contribution in [2.45, 2.75) is 63.6 Å². The average Bonchev–Trinajstić information content (AvgIpc) is 2.86. The summed E-state index contributed by atoms with van der Waals surface area (Å²) < 4.78 is 0. The molecule has 3 fully saturated rings. The van der Waals surface area contributed by atoms with Crippen molar-refractivity contribution in [1.29, 1.82) is 0 Å². The van der Waals surface area contributed by atoms with Gasteiger partial charge in [0, 0.05) is 31.8 Å². The van der Waals surface area contributed by atoms with E-state index in [4.69, 9.17) is 0 Å². The molecule has 6 rings (SSSR count). The first-order chi connectivity index (χ1) is 16.3. The molecule has 3 aromatic rings. The standard InChI is InChI=1S/C30H38N2O/c33-18-6-5-15-29-27-14-8-17-31-16-7-11-24(30(27)31)20-32(29)21-28-25-12-3-1-9-22(25)19-23-10-2-4-13-26(23)28/h1-4,9-10,12-13,19,24,27,29-30,33H,5-8,11,14-18,20-21H2/t24-,27-,29-,30+/m1/s1. The monoisotopic (exact) mass is 442 g/mol. The topological polar surface area (TPSA) is 26.7 Å². The van der Waals surface area contributed by atoms with Gasteiger partial charge in [-0.15, -0.1) is 0 Å². The molecule has 3 aliphatic rings. The van der Waals surface area contributed by atoms with Crippen LogP contribution >= 0.6 is 0 Å². The number of aliphatic hydroxyl groups excluding tert-OH is 1. The third-order valence-corrected chi connectivity index (χ3v) is 8.93. The van der Waals surface area contributed by atoms with E-state index in [1.165, 1.54) is 78.8 Å². The van der Waals surface area contributed by atoms with Gasteiger partial charge in [-0.05, 0) is 103 Å². The Kier molecular flexibility index (Phi) is 6.13. The number of fused-ring (bicyclic) bond motifs is 2. The first-order valence-electron chi connectivity index (χ1n) is 13.3. The Bertz CT molecular complexity index is 1050. The van der Waals surface area contributed by atoms with Crippen LogP contribution in [-0.4, -0.2) is 53.2 Å². The lowest BCUT2D eigenvalue weighted by Gasteiger charge is -2.57. The summed E-state index contributed by atoms with van der Waals surface area (Å²) in [6.45, 7) is 5.23. The van der Waals surface area contributed by atoms with Crippen LogP contribution in [0.3, 0.4) is 0 Å². The van der Waals surface area contributed by atoms with Gasteiger partial charge in [-0.25, -0.2) is 0 Å². The highest BCUT2D eigenvalue weighted by Crippen LogP contribution is 2.44. The van der Waals surface area contributed by atoms with Gasteiger partial charge in [0.2, 0.25) is 0 Å². The van der Waals surface area contributed by atoms with Crippen LogP contribution in [0.1, 0.15) is 50.5 Å². The van der Waals surface area contributed by atoms with E-state index in [1.54, 1.807) is 0 Å². The van der Waals surface area contributed by atoms with Gasteiger partial charge in [-0.2, -0.15) is 0 Å². The maximum absolute atomic E-state index is 9.48. The molecule has 3 aliphatic heterocycles. The summed E-state index contributed by atoms with van der Waals surface area (Å²) in [7, 11) is 0. The van der Waals surface area contributed by atoms with Crippen molar-refractivity contribution in [1.82, 2.24) is 9.80 Å². The summed E-state index contributed by atoms with van der Waals surface area (Å²) in [4.78, 5) is 5.73. The molecule has 3 heterocycles. The number of rotatable bonds is 6. The van der Waals surface area contributed by atoms with Crippen LogP contribution in [0.15, 0.2) is 54.6 Å². The normalized spacial score (nSPS) is 28.3. The number of nitrogens with zero attached hydrogens (tertiary/aromatic N) is 2. The van der Waals surface area contributed by atoms with Crippen molar-refractivity contribution >= 4 is 21.5 Å². The number of aliphatic hydroxyl groups is 1. The highest BCUT2D eigenvalue weighted by Gasteiger charge is 2.48. The molecular formula is C30H38N2O. The van der Waals surface area contributed by atoms with E-state index in [2.05, 4.69) is 64.4 Å². The Balaban J connectivity index is 1.40. The van der Waals surface area contributed by atoms with Gasteiger partial charge in [-0.3, -0.25) is 9.80 Å². The number of unbranched alkanes of at least 4 members (excludes halogenated alkanes) is 1. The smallest absolute Gasteiger partial charge is 0.0431 e. The molecule has 33 heavy (non-hydrogen) atoms. The third-order valence-electron chi connectivity index (χ3n) is 8.93. The van der Waals surface area contributed by atoms with Crippen LogP contribution in [0.5, 0.6) is 0 Å². The molecule has 3 heteroatoms. The minimum absolute atomic E-state index is 0.323. The largest absolute Gasteiger partial charge is 0.396 e. The van der Waals surface area contributed by atoms with Crippen molar-refractivity contribution in [2.24, 2.45) is 11.8 Å². The predicted octanol–water partition coefficient (Wildman–Crippen LogP) is 5.83. The lowest BCUT2D eigenvalue weighted by atomic mass is 9.69. The second-order valence-electron chi connectivity index (χ2n) is 10.7. The average molecular weight is 443 g/mol. The molecule has 0 amide bonds. The second-order valence-corrected chi connectivity index (χ2v) is 10.7. The van der Waals surface area contributed by atoms with E-state index in [0.717, 1.165) is 37.3 Å². The van der Waals surface area contributed by atoms with Crippen LogP contribution in [0.4, 0.5) is 0 Å². The Morgan fingerprint density at radius 1 is 0.848 bits per heavy atom. The van der Waals surface area contributed by atoms with Crippen LogP contribution in [-0.2, 0) is 6.54 Å². The molecule has 0 saturated carbocycles. The van der Waals surface area contributed by atoms with Gasteiger partial charge < -0.3 is 5.11 Å². The van der Waals surface area contributed by atoms with Crippen molar-refractivity contribution in [3.8, 4) is 0 Å². The highest BCUT2D eigenvalue weighted by atomic mass is 16.2. The lowest BCUT2D eigenvalue weighted by molar-refractivity contribution is -0.0810. The van der Waals surface area contributed by atoms with E-state index in [-0.39, 0.29) is 0 Å². The lowest BCUT2D eigenvalue weighted by Crippen LogP contribution is -2.64. The van der Waals surface area contributed by atoms with Crippen molar-refractivity contribution in [3.63, 3.8) is 0 Å². The fraction of sp³-hybridized carbons (Fsp3) is 0.533. The third kappa shape index (κ3) is 3.99. The molecule has 0 radical (unpaired) electrons.